The molecule has 3 N–H and O–H groups in total. The number of thiazole rings is 1. The molecule has 5 rings (SSSR count). The minimum Gasteiger partial charge on any atom is -0.494 e. The Bertz CT molecular complexity index is 1540. The molecule has 1 aromatic carbocycles. The van der Waals surface area contributed by atoms with Gasteiger partial charge in [0.05, 0.1) is 29.9 Å². The molecule has 2 aliphatic rings. The van der Waals surface area contributed by atoms with Gasteiger partial charge in [0.15, 0.2) is 15.3 Å². The summed E-state index contributed by atoms with van der Waals surface area (Å²) in [5, 5.41) is 24.4. The van der Waals surface area contributed by atoms with Gasteiger partial charge in [0.25, 0.3) is 0 Å². The number of benzene rings is 1. The number of rotatable bonds is 8. The van der Waals surface area contributed by atoms with E-state index >= 15 is 0 Å². The molecule has 0 saturated heterocycles. The van der Waals surface area contributed by atoms with Crippen molar-refractivity contribution in [2.45, 2.75) is 43.9 Å². The van der Waals surface area contributed by atoms with Crippen LogP contribution in [0.4, 0.5) is 10.3 Å². The van der Waals surface area contributed by atoms with Crippen LogP contribution < -0.4 is 20.7 Å². The van der Waals surface area contributed by atoms with E-state index in [1.54, 1.807) is 16.5 Å². The number of nitrogens with one attached hydrogen (secondary N) is 1. The van der Waals surface area contributed by atoms with Crippen LogP contribution in [0.25, 0.3) is 0 Å². The molecule has 0 spiro atoms. The van der Waals surface area contributed by atoms with Gasteiger partial charge in [-0.25, -0.2) is 4.98 Å². The summed E-state index contributed by atoms with van der Waals surface area (Å²) in [5.41, 5.74) is 8.75. The Morgan fingerprint density at radius 3 is 2.75 bits per heavy atom. The molecule has 1 amide bonds. The van der Waals surface area contributed by atoms with E-state index < -0.39 is 5.92 Å². The lowest BCUT2D eigenvalue weighted by Gasteiger charge is -2.42. The molecule has 0 saturated carbocycles. The summed E-state index contributed by atoms with van der Waals surface area (Å²) in [6.07, 6.45) is 2.55. The van der Waals surface area contributed by atoms with Gasteiger partial charge in [-0.2, -0.15) is 5.26 Å². The third-order valence-electron chi connectivity index (χ3n) is 6.50. The second-order valence-corrected chi connectivity index (χ2v) is 13.1. The third-order valence-corrected chi connectivity index (χ3v) is 9.23. The molecular weight excluding hydrogens is 567 g/mol. The molecule has 2 aromatic heterocycles. The van der Waals surface area contributed by atoms with E-state index in [0.717, 1.165) is 11.3 Å². The number of ketones is 1. The quantitative estimate of drug-likeness (QED) is 0.339. The van der Waals surface area contributed by atoms with E-state index in [-0.39, 0.29) is 34.3 Å². The van der Waals surface area contributed by atoms with E-state index in [1.165, 1.54) is 34.4 Å². The van der Waals surface area contributed by atoms with Crippen LogP contribution in [0.3, 0.4) is 0 Å². The normalized spacial score (nSPS) is 18.4. The Morgan fingerprint density at radius 1 is 1.30 bits per heavy atom. The molecule has 0 bridgehead atoms. The third kappa shape index (κ3) is 5.60. The number of nitrogens with zero attached hydrogens (tertiary/aromatic N) is 5. The number of aromatic nitrogens is 3. The Balaban J connectivity index is 1.49. The molecule has 13 heteroatoms. The van der Waals surface area contributed by atoms with E-state index in [1.807, 2.05) is 45.0 Å². The average Bonchev–Trinajstić information content (AvgIpc) is 3.59. The van der Waals surface area contributed by atoms with Crippen molar-refractivity contribution in [1.29, 1.82) is 5.26 Å². The predicted molar refractivity (Wildman–Crippen MR) is 156 cm³/mol. The number of carbonyl (C=O) groups is 2. The van der Waals surface area contributed by atoms with Gasteiger partial charge < -0.3 is 15.8 Å². The second kappa shape index (κ2) is 11.4. The smallest absolute Gasteiger partial charge is 0.236 e. The maximum atomic E-state index is 13.7. The number of carbonyl (C=O) groups excluding carboxylic acids is 2. The molecule has 0 radical (unpaired) electrons. The van der Waals surface area contributed by atoms with Crippen molar-refractivity contribution in [3.8, 4) is 11.8 Å². The van der Waals surface area contributed by atoms with Crippen LogP contribution in [0.5, 0.6) is 5.75 Å². The molecule has 1 aliphatic heterocycles. The lowest BCUT2D eigenvalue weighted by molar-refractivity contribution is -0.118. The van der Waals surface area contributed by atoms with Crippen molar-refractivity contribution < 1.29 is 14.3 Å². The Hall–Kier alpha value is -3.73. The minimum atomic E-state index is -0.591. The van der Waals surface area contributed by atoms with Crippen LogP contribution in [-0.2, 0) is 9.59 Å². The van der Waals surface area contributed by atoms with Crippen molar-refractivity contribution in [2.24, 2.45) is 11.1 Å². The highest BCUT2D eigenvalue weighted by atomic mass is 32.2. The number of nitrogens with two attached hydrogens (primary N) is 1. The molecule has 1 aliphatic carbocycles. The van der Waals surface area contributed by atoms with Crippen molar-refractivity contribution in [2.75, 3.05) is 22.6 Å². The fourth-order valence-corrected chi connectivity index (χ4v) is 7.13. The summed E-state index contributed by atoms with van der Waals surface area (Å²) in [6.45, 7) is 6.53. The fraction of sp³-hybridized carbons (Fsp3) is 0.333. The van der Waals surface area contributed by atoms with Gasteiger partial charge in [-0.1, -0.05) is 49.1 Å². The molecule has 40 heavy (non-hydrogen) atoms. The summed E-state index contributed by atoms with van der Waals surface area (Å²) in [6, 6.07) is 9.71. The topological polar surface area (TPSA) is 147 Å². The van der Waals surface area contributed by atoms with Crippen LogP contribution in [0, 0.1) is 16.7 Å². The summed E-state index contributed by atoms with van der Waals surface area (Å²) in [7, 11) is 0. The first-order valence-electron chi connectivity index (χ1n) is 12.5. The van der Waals surface area contributed by atoms with Gasteiger partial charge in [-0.3, -0.25) is 14.5 Å². The maximum Gasteiger partial charge on any atom is 0.236 e. The molecule has 3 aromatic rings. The van der Waals surface area contributed by atoms with Crippen LogP contribution in [-0.4, -0.2) is 39.2 Å². The SMILES string of the molecule is CCOc1ccc(C2C(C#N)=C(N)N(c3nnc(SCC(=O)Nc4nccs4)s3)C3=C2C(=O)CC(C)(C)C3)cc1. The maximum absolute atomic E-state index is 13.7. The summed E-state index contributed by atoms with van der Waals surface area (Å²) < 4.78 is 6.15. The van der Waals surface area contributed by atoms with Gasteiger partial charge in [-0.05, 0) is 36.5 Å². The van der Waals surface area contributed by atoms with Crippen molar-refractivity contribution in [1.82, 2.24) is 15.2 Å². The van der Waals surface area contributed by atoms with Crippen LogP contribution in [0.15, 0.2) is 62.8 Å². The highest BCUT2D eigenvalue weighted by molar-refractivity contribution is 8.01. The lowest BCUT2D eigenvalue weighted by Crippen LogP contribution is -2.42. The first-order valence-corrected chi connectivity index (χ1v) is 15.2. The highest BCUT2D eigenvalue weighted by Crippen LogP contribution is 2.50. The van der Waals surface area contributed by atoms with E-state index in [9.17, 15) is 14.9 Å². The number of Topliss-reactive ketones (excluding diaryl/α,β-unsaturated/α-hetero) is 1. The summed E-state index contributed by atoms with van der Waals surface area (Å²) >= 11 is 3.84. The molecule has 0 fully saturated rings. The second-order valence-electron chi connectivity index (χ2n) is 10.0. The Labute approximate surface area is 244 Å². The molecule has 1 unspecified atom stereocenters. The molecule has 1 atom stereocenters. The monoisotopic (exact) mass is 593 g/mol. The molecule has 10 nitrogen and oxygen atoms in total. The Morgan fingerprint density at radius 2 is 2.08 bits per heavy atom. The number of hydrogen-bond donors (Lipinski definition) is 2. The lowest BCUT2D eigenvalue weighted by atomic mass is 9.68. The number of thioether (sulfide) groups is 1. The average molecular weight is 594 g/mol. The number of ether oxygens (including phenoxy) is 1. The van der Waals surface area contributed by atoms with E-state index in [2.05, 4.69) is 26.6 Å². The number of amides is 1. The van der Waals surface area contributed by atoms with Gasteiger partial charge in [0, 0.05) is 29.3 Å². The molecular formula is C27H27N7O3S3. The molecule has 3 heterocycles. The molecule has 206 valence electrons. The summed E-state index contributed by atoms with van der Waals surface area (Å²) in [4.78, 5) is 31.8. The standard InChI is InChI=1S/C27H27N7O3S3/c1-4-37-16-7-5-15(6-8-16)21-17(13-28)23(29)34(18-11-27(2,3)12-19(35)22(18)21)25-32-33-26(40-25)39-14-20(36)31-24-30-9-10-38-24/h5-10,21H,4,11-12,14,29H2,1-3H3,(H,30,31,36). The predicted octanol–water partition coefficient (Wildman–Crippen LogP) is 5.06. The minimum absolute atomic E-state index is 0.0200. The van der Waals surface area contributed by atoms with E-state index in [0.29, 0.717) is 45.4 Å². The fourth-order valence-electron chi connectivity index (χ4n) is 4.90. The number of allylic oxidation sites excluding steroid dienone is 3. The summed E-state index contributed by atoms with van der Waals surface area (Å²) in [5.74, 6) is 0.245. The first-order chi connectivity index (χ1) is 19.2. The zero-order valence-electron chi connectivity index (χ0n) is 22.1. The van der Waals surface area contributed by atoms with Gasteiger partial charge in [0.1, 0.15) is 11.6 Å². The van der Waals surface area contributed by atoms with Crippen molar-refractivity contribution in [3.05, 3.63) is 64.1 Å². The number of nitriles is 1. The zero-order valence-corrected chi connectivity index (χ0v) is 24.6. The zero-order chi connectivity index (χ0) is 28.4. The van der Waals surface area contributed by atoms with E-state index in [4.69, 9.17) is 10.5 Å². The highest BCUT2D eigenvalue weighted by Gasteiger charge is 2.45. The van der Waals surface area contributed by atoms with Crippen LogP contribution >= 0.6 is 34.4 Å². The number of hydrogen-bond acceptors (Lipinski definition) is 12. The van der Waals surface area contributed by atoms with Crippen LogP contribution in [0.1, 0.15) is 45.1 Å². The number of anilines is 2. The Kier molecular flexibility index (Phi) is 7.93. The van der Waals surface area contributed by atoms with Gasteiger partial charge >= 0.3 is 0 Å². The largest absolute Gasteiger partial charge is 0.494 e. The first kappa shape index (κ1) is 27.8. The van der Waals surface area contributed by atoms with Crippen LogP contribution in [0.2, 0.25) is 0 Å². The van der Waals surface area contributed by atoms with Crippen molar-refractivity contribution in [3.63, 3.8) is 0 Å². The van der Waals surface area contributed by atoms with Crippen molar-refractivity contribution >= 4 is 56.4 Å². The van der Waals surface area contributed by atoms with Gasteiger partial charge in [0.2, 0.25) is 11.0 Å². The van der Waals surface area contributed by atoms with Gasteiger partial charge in [-0.15, -0.1) is 21.5 Å².